The number of rotatable bonds is 8. The molecule has 0 unspecified atom stereocenters. The van der Waals surface area contributed by atoms with Crippen LogP contribution >= 0.6 is 0 Å². The number of ether oxygens (including phenoxy) is 1. The Kier molecular flexibility index (Phi) is 7.21. The van der Waals surface area contributed by atoms with Crippen LogP contribution in [0.2, 0.25) is 0 Å². The second-order valence-corrected chi connectivity index (χ2v) is 8.54. The monoisotopic (exact) mass is 459 g/mol. The van der Waals surface area contributed by atoms with Gasteiger partial charge in [0.25, 0.3) is 5.91 Å². The van der Waals surface area contributed by atoms with E-state index in [-0.39, 0.29) is 12.5 Å². The molecule has 1 heterocycles. The molecule has 0 saturated heterocycles. The van der Waals surface area contributed by atoms with E-state index in [0.29, 0.717) is 24.2 Å². The Morgan fingerprint density at radius 2 is 1.82 bits per heavy atom. The van der Waals surface area contributed by atoms with Gasteiger partial charge in [0.15, 0.2) is 6.61 Å². The molecule has 1 aromatic heterocycles. The van der Waals surface area contributed by atoms with Crippen LogP contribution in [0.1, 0.15) is 46.9 Å². The number of benzene rings is 2. The summed E-state index contributed by atoms with van der Waals surface area (Å²) in [6.07, 6.45) is 3.23. The zero-order chi connectivity index (χ0) is 24.1. The molecule has 176 valence electrons. The molecule has 2 aromatic carbocycles. The summed E-state index contributed by atoms with van der Waals surface area (Å²) in [4.78, 5) is 44.7. The van der Waals surface area contributed by atoms with E-state index in [2.05, 4.69) is 5.32 Å². The molecule has 4 rings (SSSR count). The van der Waals surface area contributed by atoms with E-state index >= 15 is 0 Å². The molecule has 34 heavy (non-hydrogen) atoms. The first-order valence-electron chi connectivity index (χ1n) is 11.7. The number of aryl methyl sites for hydroxylation is 2. The number of nitrogens with zero attached hydrogens (tertiary/aromatic N) is 2. The second-order valence-electron chi connectivity index (χ2n) is 8.54. The van der Waals surface area contributed by atoms with Crippen LogP contribution in [0.5, 0.6) is 0 Å². The van der Waals surface area contributed by atoms with Crippen molar-refractivity contribution in [2.45, 2.75) is 39.5 Å². The van der Waals surface area contributed by atoms with Crippen molar-refractivity contribution >= 4 is 34.4 Å². The lowest BCUT2D eigenvalue weighted by atomic mass is 10.0. The summed E-state index contributed by atoms with van der Waals surface area (Å²) in [7, 11) is 0. The number of carbonyl (C=O) groups is 3. The maximum atomic E-state index is 13.1. The Labute approximate surface area is 199 Å². The van der Waals surface area contributed by atoms with Gasteiger partial charge >= 0.3 is 5.97 Å². The average Bonchev–Trinajstić information content (AvgIpc) is 3.30. The molecule has 2 amide bonds. The first-order valence-corrected chi connectivity index (χ1v) is 11.7. The van der Waals surface area contributed by atoms with Gasteiger partial charge < -0.3 is 15.0 Å². The fourth-order valence-corrected chi connectivity index (χ4v) is 4.37. The topological polar surface area (TPSA) is 88.6 Å². The molecule has 7 nitrogen and oxygen atoms in total. The van der Waals surface area contributed by atoms with Gasteiger partial charge in [0, 0.05) is 23.3 Å². The Morgan fingerprint density at radius 1 is 1.06 bits per heavy atom. The smallest absolute Gasteiger partial charge is 0.339 e. The van der Waals surface area contributed by atoms with Gasteiger partial charge in [-0.25, -0.2) is 4.79 Å². The van der Waals surface area contributed by atoms with Crippen LogP contribution in [-0.4, -0.2) is 47.4 Å². The minimum absolute atomic E-state index is 0.105. The number of esters is 1. The van der Waals surface area contributed by atoms with Gasteiger partial charge in [-0.3, -0.25) is 14.6 Å². The summed E-state index contributed by atoms with van der Waals surface area (Å²) < 4.78 is 5.48. The number of hydrogen-bond donors (Lipinski definition) is 1. The zero-order valence-corrected chi connectivity index (χ0v) is 19.6. The molecular formula is C27H29N3O4. The summed E-state index contributed by atoms with van der Waals surface area (Å²) in [5.74, 6) is -1.21. The average molecular weight is 460 g/mol. The number of aromatic nitrogens is 1. The van der Waals surface area contributed by atoms with Gasteiger partial charge in [-0.05, 0) is 55.9 Å². The summed E-state index contributed by atoms with van der Waals surface area (Å²) in [5, 5.41) is 3.58. The number of fused-ring (bicyclic) bond motifs is 2. The number of carbonyl (C=O) groups excluding carboxylic acids is 3. The molecule has 0 radical (unpaired) electrons. The molecule has 0 aliphatic heterocycles. The van der Waals surface area contributed by atoms with E-state index in [0.717, 1.165) is 47.0 Å². The third-order valence-corrected chi connectivity index (χ3v) is 6.05. The Hall–Kier alpha value is -3.74. The first-order chi connectivity index (χ1) is 16.5. The lowest BCUT2D eigenvalue weighted by Crippen LogP contribution is -2.40. The molecule has 0 saturated carbocycles. The van der Waals surface area contributed by atoms with Gasteiger partial charge in [-0.2, -0.15) is 0 Å². The first kappa shape index (κ1) is 23.4. The van der Waals surface area contributed by atoms with Gasteiger partial charge in [0.1, 0.15) is 0 Å². The number of hydrogen-bond acceptors (Lipinski definition) is 5. The Balaban J connectivity index is 1.44. The van der Waals surface area contributed by atoms with E-state index in [9.17, 15) is 14.4 Å². The second kappa shape index (κ2) is 10.5. The SMILES string of the molecule is CCCN(CC(=O)Nc1ccccc1C)C(=O)COC(=O)c1c2c(nc3ccccc13)CCC2. The largest absolute Gasteiger partial charge is 0.452 e. The van der Waals surface area contributed by atoms with E-state index in [1.165, 1.54) is 4.90 Å². The maximum absolute atomic E-state index is 13.1. The molecule has 1 N–H and O–H groups in total. The molecule has 1 aliphatic rings. The molecule has 0 bridgehead atoms. The van der Waals surface area contributed by atoms with Crippen LogP contribution in [0, 0.1) is 6.92 Å². The van der Waals surface area contributed by atoms with Crippen molar-refractivity contribution in [1.82, 2.24) is 9.88 Å². The predicted molar refractivity (Wildman–Crippen MR) is 131 cm³/mol. The standard InChI is InChI=1S/C27H29N3O4/c1-3-15-30(16-24(31)29-21-12-6-4-9-18(21)2)25(32)17-34-27(33)26-19-10-5-7-13-22(19)28-23-14-8-11-20(23)26/h4-7,9-10,12-13H,3,8,11,14-17H2,1-2H3,(H,29,31). The highest BCUT2D eigenvalue weighted by Crippen LogP contribution is 2.30. The highest BCUT2D eigenvalue weighted by atomic mass is 16.5. The van der Waals surface area contributed by atoms with Crippen molar-refractivity contribution in [3.05, 3.63) is 70.9 Å². The molecule has 3 aromatic rings. The van der Waals surface area contributed by atoms with Gasteiger partial charge in [0.05, 0.1) is 17.6 Å². The third kappa shape index (κ3) is 5.09. The molecule has 0 fully saturated rings. The minimum Gasteiger partial charge on any atom is -0.452 e. The summed E-state index contributed by atoms with van der Waals surface area (Å²) in [6, 6.07) is 15.0. The Morgan fingerprint density at radius 3 is 2.62 bits per heavy atom. The van der Waals surface area contributed by atoms with E-state index < -0.39 is 18.5 Å². The van der Waals surface area contributed by atoms with Crippen molar-refractivity contribution in [3.8, 4) is 0 Å². The normalized spacial score (nSPS) is 12.3. The summed E-state index contributed by atoms with van der Waals surface area (Å²) >= 11 is 0. The highest BCUT2D eigenvalue weighted by Gasteiger charge is 2.26. The van der Waals surface area contributed by atoms with E-state index in [4.69, 9.17) is 9.72 Å². The number of nitrogens with one attached hydrogen (secondary N) is 1. The van der Waals surface area contributed by atoms with Crippen LogP contribution in [0.25, 0.3) is 10.9 Å². The fourth-order valence-electron chi connectivity index (χ4n) is 4.37. The highest BCUT2D eigenvalue weighted by molar-refractivity contribution is 6.05. The fraction of sp³-hybridized carbons (Fsp3) is 0.333. The van der Waals surface area contributed by atoms with Crippen LogP contribution in [0.4, 0.5) is 5.69 Å². The van der Waals surface area contributed by atoms with Crippen LogP contribution in [0.3, 0.4) is 0 Å². The maximum Gasteiger partial charge on any atom is 0.339 e. The van der Waals surface area contributed by atoms with Crippen LogP contribution in [0.15, 0.2) is 48.5 Å². The molecule has 0 spiro atoms. The summed E-state index contributed by atoms with van der Waals surface area (Å²) in [6.45, 7) is 3.71. The van der Waals surface area contributed by atoms with Crippen molar-refractivity contribution in [1.29, 1.82) is 0 Å². The molecule has 1 aliphatic carbocycles. The van der Waals surface area contributed by atoms with Gasteiger partial charge in [0.2, 0.25) is 5.91 Å². The number of amides is 2. The third-order valence-electron chi connectivity index (χ3n) is 6.05. The summed E-state index contributed by atoms with van der Waals surface area (Å²) in [5.41, 5.74) is 4.75. The zero-order valence-electron chi connectivity index (χ0n) is 19.6. The lowest BCUT2D eigenvalue weighted by molar-refractivity contribution is -0.137. The number of anilines is 1. The number of pyridine rings is 1. The predicted octanol–water partition coefficient (Wildman–Crippen LogP) is 4.07. The Bertz CT molecular complexity index is 1240. The van der Waals surface area contributed by atoms with Gasteiger partial charge in [-0.1, -0.05) is 43.3 Å². The van der Waals surface area contributed by atoms with E-state index in [1.54, 1.807) is 0 Å². The van der Waals surface area contributed by atoms with Crippen molar-refractivity contribution in [2.24, 2.45) is 0 Å². The van der Waals surface area contributed by atoms with Crippen molar-refractivity contribution in [2.75, 3.05) is 25.0 Å². The lowest BCUT2D eigenvalue weighted by Gasteiger charge is -2.22. The van der Waals surface area contributed by atoms with E-state index in [1.807, 2.05) is 62.4 Å². The number of para-hydroxylation sites is 2. The van der Waals surface area contributed by atoms with Crippen molar-refractivity contribution in [3.63, 3.8) is 0 Å². The van der Waals surface area contributed by atoms with Gasteiger partial charge in [-0.15, -0.1) is 0 Å². The van der Waals surface area contributed by atoms with Crippen molar-refractivity contribution < 1.29 is 19.1 Å². The quantitative estimate of drug-likeness (QED) is 0.513. The van der Waals surface area contributed by atoms with Crippen LogP contribution < -0.4 is 5.32 Å². The molecular weight excluding hydrogens is 430 g/mol. The molecule has 0 atom stereocenters. The minimum atomic E-state index is -0.522. The van der Waals surface area contributed by atoms with Crippen LogP contribution in [-0.2, 0) is 27.2 Å². The molecule has 7 heteroatoms.